The summed E-state index contributed by atoms with van der Waals surface area (Å²) in [4.78, 5) is 18.9. The largest absolute Gasteiger partial charge is 0.411 e. The minimum atomic E-state index is -0.248. The second-order valence-corrected chi connectivity index (χ2v) is 7.29. The second-order valence-electron chi connectivity index (χ2n) is 6.92. The molecule has 1 amide bonds. The number of hydrogen-bond donors (Lipinski definition) is 1. The van der Waals surface area contributed by atoms with E-state index in [1.807, 2.05) is 0 Å². The molecule has 0 unspecified atom stereocenters. The average Bonchev–Trinajstić information content (AvgIpc) is 3.01. The van der Waals surface area contributed by atoms with E-state index in [9.17, 15) is 4.79 Å². The molecule has 0 spiro atoms. The summed E-state index contributed by atoms with van der Waals surface area (Å²) in [5.41, 5.74) is 0.351. The van der Waals surface area contributed by atoms with E-state index in [1.165, 1.54) is 19.0 Å². The van der Waals surface area contributed by atoms with E-state index in [-0.39, 0.29) is 22.9 Å². The highest BCUT2D eigenvalue weighted by atomic mass is 35.5. The Hall–Kier alpha value is -2.05. The fourth-order valence-electron chi connectivity index (χ4n) is 3.83. The van der Waals surface area contributed by atoms with E-state index in [1.54, 1.807) is 24.3 Å². The fraction of sp³-hybridized carbons (Fsp3) is 0.444. The summed E-state index contributed by atoms with van der Waals surface area (Å²) in [5, 5.41) is 3.38. The third kappa shape index (κ3) is 3.37. The molecule has 5 rings (SSSR count). The summed E-state index contributed by atoms with van der Waals surface area (Å²) in [5.74, 6) is 1.18. The predicted molar refractivity (Wildman–Crippen MR) is 92.8 cm³/mol. The number of oxazole rings is 1. The van der Waals surface area contributed by atoms with Crippen LogP contribution in [0.2, 0.25) is 5.22 Å². The summed E-state index contributed by atoms with van der Waals surface area (Å²) < 4.78 is 10.5. The lowest BCUT2D eigenvalue weighted by atomic mass is 9.80. The molecule has 3 aliphatic heterocycles. The van der Waals surface area contributed by atoms with Crippen LogP contribution in [0.1, 0.15) is 36.5 Å². The molecule has 2 aromatic rings. The van der Waals surface area contributed by atoms with Gasteiger partial charge in [-0.3, -0.25) is 9.69 Å². The second kappa shape index (κ2) is 6.35. The van der Waals surface area contributed by atoms with E-state index in [0.29, 0.717) is 11.3 Å². The van der Waals surface area contributed by atoms with Gasteiger partial charge in [-0.05, 0) is 68.0 Å². The van der Waals surface area contributed by atoms with Crippen molar-refractivity contribution >= 4 is 17.5 Å². The van der Waals surface area contributed by atoms with Crippen LogP contribution >= 0.6 is 11.6 Å². The van der Waals surface area contributed by atoms with Crippen molar-refractivity contribution in [1.29, 1.82) is 0 Å². The van der Waals surface area contributed by atoms with Crippen molar-refractivity contribution in [2.75, 3.05) is 13.1 Å². The van der Waals surface area contributed by atoms with Crippen molar-refractivity contribution in [3.05, 3.63) is 41.2 Å². The minimum Gasteiger partial charge on any atom is -0.411 e. The molecule has 1 N–H and O–H groups in total. The maximum atomic E-state index is 12.6. The molecule has 7 heteroatoms. The van der Waals surface area contributed by atoms with Crippen molar-refractivity contribution in [2.45, 2.75) is 31.8 Å². The molecule has 2 bridgehead atoms. The quantitative estimate of drug-likeness (QED) is 0.899. The fourth-order valence-corrected chi connectivity index (χ4v) is 3.95. The molecule has 0 radical (unpaired) electrons. The van der Waals surface area contributed by atoms with Gasteiger partial charge in [0.05, 0.1) is 11.9 Å². The summed E-state index contributed by atoms with van der Waals surface area (Å²) in [6, 6.07) is 6.88. The number of carbonyl (C=O) groups is 1. The standard InChI is InChI=1S/C18H20ClN3O3/c1-18(10-12-6-8-22(18)9-7-12)21-16(23)13-2-4-14(5-3-13)24-17-20-11-15(19)25-17/h2-5,11-12H,6-10H2,1H3,(H,21,23)/t18-/m0/s1. The maximum absolute atomic E-state index is 12.6. The Balaban J connectivity index is 1.42. The van der Waals surface area contributed by atoms with Gasteiger partial charge < -0.3 is 14.5 Å². The Labute approximate surface area is 151 Å². The van der Waals surface area contributed by atoms with Gasteiger partial charge in [-0.25, -0.2) is 0 Å². The number of amides is 1. The van der Waals surface area contributed by atoms with Crippen molar-refractivity contribution in [3.63, 3.8) is 0 Å². The highest BCUT2D eigenvalue weighted by molar-refractivity contribution is 6.28. The SMILES string of the molecule is C[C@@]1(NC(=O)c2ccc(Oc3ncc(Cl)o3)cc2)CC2CCN1CC2. The number of hydrogen-bond acceptors (Lipinski definition) is 5. The van der Waals surface area contributed by atoms with Crippen LogP contribution in [-0.4, -0.2) is 34.5 Å². The first kappa shape index (κ1) is 16.4. The van der Waals surface area contributed by atoms with E-state index in [4.69, 9.17) is 20.8 Å². The molecule has 25 heavy (non-hydrogen) atoms. The van der Waals surface area contributed by atoms with Crippen molar-refractivity contribution in [3.8, 4) is 11.8 Å². The Kier molecular flexibility index (Phi) is 4.17. The zero-order valence-electron chi connectivity index (χ0n) is 14.0. The van der Waals surface area contributed by atoms with Gasteiger partial charge >= 0.3 is 6.08 Å². The lowest BCUT2D eigenvalue weighted by Crippen LogP contribution is -2.65. The van der Waals surface area contributed by atoms with Crippen LogP contribution in [0, 0.1) is 5.92 Å². The topological polar surface area (TPSA) is 67.6 Å². The van der Waals surface area contributed by atoms with Gasteiger partial charge in [0.2, 0.25) is 5.22 Å². The molecule has 132 valence electrons. The molecule has 6 nitrogen and oxygen atoms in total. The van der Waals surface area contributed by atoms with Crippen LogP contribution < -0.4 is 10.1 Å². The number of ether oxygens (including phenoxy) is 1. The van der Waals surface area contributed by atoms with Gasteiger partial charge in [0.25, 0.3) is 5.91 Å². The molecule has 1 atom stereocenters. The molecule has 3 fully saturated rings. The van der Waals surface area contributed by atoms with Crippen LogP contribution in [0.15, 0.2) is 34.9 Å². The zero-order chi connectivity index (χ0) is 17.4. The first-order chi connectivity index (χ1) is 12.0. The normalized spacial score (nSPS) is 27.9. The van der Waals surface area contributed by atoms with Gasteiger partial charge in [-0.2, -0.15) is 4.98 Å². The van der Waals surface area contributed by atoms with E-state index >= 15 is 0 Å². The number of piperidine rings is 3. The van der Waals surface area contributed by atoms with E-state index in [2.05, 4.69) is 22.1 Å². The van der Waals surface area contributed by atoms with E-state index in [0.717, 1.165) is 25.4 Å². The average molecular weight is 362 g/mol. The number of carbonyl (C=O) groups excluding carboxylic acids is 1. The molecule has 0 saturated carbocycles. The van der Waals surface area contributed by atoms with Crippen LogP contribution in [0.4, 0.5) is 0 Å². The number of nitrogens with zero attached hydrogens (tertiary/aromatic N) is 2. The Morgan fingerprint density at radius 1 is 1.36 bits per heavy atom. The Morgan fingerprint density at radius 3 is 2.64 bits per heavy atom. The minimum absolute atomic E-state index is 0.0687. The monoisotopic (exact) mass is 361 g/mol. The summed E-state index contributed by atoms with van der Waals surface area (Å²) in [7, 11) is 0. The zero-order valence-corrected chi connectivity index (χ0v) is 14.8. The Morgan fingerprint density at radius 2 is 2.08 bits per heavy atom. The maximum Gasteiger partial charge on any atom is 0.400 e. The lowest BCUT2D eigenvalue weighted by Gasteiger charge is -2.52. The summed E-state index contributed by atoms with van der Waals surface area (Å²) in [6.07, 6.45) is 4.93. The van der Waals surface area contributed by atoms with Gasteiger partial charge in [0.15, 0.2) is 0 Å². The van der Waals surface area contributed by atoms with Gasteiger partial charge in [0, 0.05) is 18.7 Å². The smallest absolute Gasteiger partial charge is 0.400 e. The van der Waals surface area contributed by atoms with Crippen molar-refractivity contribution in [2.24, 2.45) is 5.92 Å². The third-order valence-electron chi connectivity index (χ3n) is 5.16. The molecule has 0 aliphatic carbocycles. The van der Waals surface area contributed by atoms with Gasteiger partial charge in [-0.1, -0.05) is 0 Å². The highest BCUT2D eigenvalue weighted by Gasteiger charge is 2.43. The van der Waals surface area contributed by atoms with Gasteiger partial charge in [-0.15, -0.1) is 0 Å². The van der Waals surface area contributed by atoms with Crippen LogP contribution in [-0.2, 0) is 0 Å². The molecule has 1 aromatic heterocycles. The van der Waals surface area contributed by atoms with Crippen molar-refractivity contribution < 1.29 is 13.9 Å². The first-order valence-corrected chi connectivity index (χ1v) is 8.86. The van der Waals surface area contributed by atoms with Crippen LogP contribution in [0.25, 0.3) is 0 Å². The highest BCUT2D eigenvalue weighted by Crippen LogP contribution is 2.37. The summed E-state index contributed by atoms with van der Waals surface area (Å²) in [6.45, 7) is 4.25. The molecular formula is C18H20ClN3O3. The number of nitrogens with one attached hydrogen (secondary N) is 1. The Bertz CT molecular complexity index is 768. The molecule has 3 saturated heterocycles. The number of halogens is 1. The first-order valence-electron chi connectivity index (χ1n) is 8.49. The number of fused-ring (bicyclic) bond motifs is 3. The number of benzene rings is 1. The lowest BCUT2D eigenvalue weighted by molar-refractivity contribution is -0.0346. The molecule has 3 aliphatic rings. The summed E-state index contributed by atoms with van der Waals surface area (Å²) >= 11 is 5.66. The molecular weight excluding hydrogens is 342 g/mol. The molecule has 1 aromatic carbocycles. The predicted octanol–water partition coefficient (Wildman–Crippen LogP) is 3.68. The van der Waals surface area contributed by atoms with Crippen molar-refractivity contribution in [1.82, 2.24) is 15.2 Å². The van der Waals surface area contributed by atoms with E-state index < -0.39 is 0 Å². The van der Waals surface area contributed by atoms with Gasteiger partial charge in [0.1, 0.15) is 5.75 Å². The number of rotatable bonds is 4. The van der Waals surface area contributed by atoms with Crippen LogP contribution in [0.3, 0.4) is 0 Å². The molecule has 4 heterocycles. The number of aromatic nitrogens is 1. The third-order valence-corrected chi connectivity index (χ3v) is 5.33. The van der Waals surface area contributed by atoms with Crippen LogP contribution in [0.5, 0.6) is 11.8 Å².